The number of halogens is 3. The summed E-state index contributed by atoms with van der Waals surface area (Å²) in [6.07, 6.45) is -4.38. The van der Waals surface area contributed by atoms with Crippen LogP contribution in [0.3, 0.4) is 0 Å². The van der Waals surface area contributed by atoms with Crippen LogP contribution in [0.2, 0.25) is 0 Å². The van der Waals surface area contributed by atoms with Gasteiger partial charge in [-0.1, -0.05) is 12.1 Å². The van der Waals surface area contributed by atoms with E-state index in [1.807, 2.05) is 6.92 Å². The molecule has 3 aromatic rings. The Bertz CT molecular complexity index is 1600. The Kier molecular flexibility index (Phi) is 6.80. The normalized spacial score (nSPS) is 19.9. The molecule has 1 amide bonds. The van der Waals surface area contributed by atoms with Crippen LogP contribution in [0.15, 0.2) is 41.2 Å². The van der Waals surface area contributed by atoms with Crippen LogP contribution in [0.25, 0.3) is 10.9 Å². The number of aromatic hydroxyl groups is 1. The first kappa shape index (κ1) is 28.5. The number of hydrogen-bond donors (Lipinski definition) is 2. The largest absolute Gasteiger partial charge is 0.506 e. The van der Waals surface area contributed by atoms with E-state index in [0.29, 0.717) is 23.5 Å². The van der Waals surface area contributed by atoms with Crippen molar-refractivity contribution in [2.45, 2.75) is 57.5 Å². The van der Waals surface area contributed by atoms with Gasteiger partial charge in [0.2, 0.25) is 0 Å². The van der Waals surface area contributed by atoms with Gasteiger partial charge in [0.05, 0.1) is 23.7 Å². The van der Waals surface area contributed by atoms with Gasteiger partial charge < -0.3 is 24.6 Å². The maximum Gasteiger partial charge on any atom is 0.416 e. The van der Waals surface area contributed by atoms with Crippen LogP contribution in [-0.4, -0.2) is 46.9 Å². The van der Waals surface area contributed by atoms with E-state index in [-0.39, 0.29) is 23.9 Å². The molecule has 1 saturated heterocycles. The minimum Gasteiger partial charge on any atom is -0.506 e. The summed E-state index contributed by atoms with van der Waals surface area (Å²) in [4.78, 5) is 39.2. The Morgan fingerprint density at radius 1 is 1.17 bits per heavy atom. The number of rotatable bonds is 6. The van der Waals surface area contributed by atoms with Crippen LogP contribution in [-0.2, 0) is 32.5 Å². The molecular formula is C29H29F3N2O7. The standard InChI is InChI=1S/C29H29F3N2O7/c1-27(2,3)41-21(35)12-33-25(37)22-24(36)19-10-17(28(4)14-40-28)11-20-23(19)34(26(22)38)18(13-39-20)9-15-5-7-16(8-6-15)29(30,31)32/h5-8,10-11,18,36H,9,12-14H2,1-4H3,(H,33,37). The number of nitrogens with zero attached hydrogens (tertiary/aromatic N) is 1. The number of aromatic nitrogens is 1. The summed E-state index contributed by atoms with van der Waals surface area (Å²) in [6.45, 7) is 6.71. The molecule has 2 aromatic carbocycles. The molecule has 1 aromatic heterocycles. The molecule has 9 nitrogen and oxygen atoms in total. The number of carbonyl (C=O) groups is 2. The summed E-state index contributed by atoms with van der Waals surface area (Å²) < 4.78 is 57.2. The minimum absolute atomic E-state index is 0.0200. The maximum atomic E-state index is 13.8. The van der Waals surface area contributed by atoms with E-state index in [4.69, 9.17) is 14.2 Å². The van der Waals surface area contributed by atoms with Gasteiger partial charge in [-0.2, -0.15) is 13.2 Å². The van der Waals surface area contributed by atoms with E-state index in [1.54, 1.807) is 32.9 Å². The summed E-state index contributed by atoms with van der Waals surface area (Å²) in [6, 6.07) is 7.17. The van der Waals surface area contributed by atoms with Gasteiger partial charge in [-0.3, -0.25) is 19.0 Å². The molecule has 0 radical (unpaired) electrons. The lowest BCUT2D eigenvalue weighted by Crippen LogP contribution is -2.40. The minimum atomic E-state index is -4.49. The number of alkyl halides is 3. The van der Waals surface area contributed by atoms with E-state index in [9.17, 15) is 32.7 Å². The van der Waals surface area contributed by atoms with Crippen molar-refractivity contribution < 1.29 is 42.1 Å². The molecule has 3 heterocycles. The fraction of sp³-hybridized carbons (Fsp3) is 0.414. The summed E-state index contributed by atoms with van der Waals surface area (Å²) in [5, 5.41) is 13.7. The summed E-state index contributed by atoms with van der Waals surface area (Å²) in [5.74, 6) is -2.01. The van der Waals surface area contributed by atoms with Gasteiger partial charge in [-0.05, 0) is 69.5 Å². The molecule has 2 aliphatic heterocycles. The topological polar surface area (TPSA) is 119 Å². The average Bonchev–Trinajstić information content (AvgIpc) is 3.63. The molecule has 41 heavy (non-hydrogen) atoms. The maximum absolute atomic E-state index is 13.8. The molecule has 0 bridgehead atoms. The summed E-state index contributed by atoms with van der Waals surface area (Å²) in [7, 11) is 0. The molecule has 2 unspecified atom stereocenters. The fourth-order valence-electron chi connectivity index (χ4n) is 4.87. The zero-order valence-corrected chi connectivity index (χ0v) is 22.8. The monoisotopic (exact) mass is 574 g/mol. The van der Waals surface area contributed by atoms with Crippen molar-refractivity contribution in [2.75, 3.05) is 19.8 Å². The molecule has 12 heteroatoms. The molecule has 0 aliphatic carbocycles. The second-order valence-electron chi connectivity index (χ2n) is 11.4. The average molecular weight is 575 g/mol. The van der Waals surface area contributed by atoms with Gasteiger partial charge in [0.25, 0.3) is 11.5 Å². The lowest BCUT2D eigenvalue weighted by atomic mass is 9.96. The highest BCUT2D eigenvalue weighted by Crippen LogP contribution is 2.45. The van der Waals surface area contributed by atoms with E-state index >= 15 is 0 Å². The summed E-state index contributed by atoms with van der Waals surface area (Å²) in [5.41, 5.74) is -2.22. The number of ether oxygens (including phenoxy) is 3. The molecule has 218 valence electrons. The van der Waals surface area contributed by atoms with Gasteiger partial charge in [0.15, 0.2) is 0 Å². The van der Waals surface area contributed by atoms with Gasteiger partial charge in [0, 0.05) is 5.39 Å². The van der Waals surface area contributed by atoms with E-state index in [1.165, 1.54) is 16.7 Å². The number of carbonyl (C=O) groups excluding carboxylic acids is 2. The number of epoxide rings is 1. The summed E-state index contributed by atoms with van der Waals surface area (Å²) >= 11 is 0. The van der Waals surface area contributed by atoms with Crippen LogP contribution in [0.4, 0.5) is 13.2 Å². The Balaban J connectivity index is 1.58. The molecule has 2 N–H and O–H groups in total. The van der Waals surface area contributed by atoms with E-state index < -0.39 is 64.3 Å². The van der Waals surface area contributed by atoms with Crippen LogP contribution < -0.4 is 15.6 Å². The molecule has 2 atom stereocenters. The smallest absolute Gasteiger partial charge is 0.416 e. The third-order valence-corrected chi connectivity index (χ3v) is 7.02. The predicted octanol–water partition coefficient (Wildman–Crippen LogP) is 4.22. The molecule has 2 aliphatic rings. The van der Waals surface area contributed by atoms with Crippen molar-refractivity contribution >= 4 is 22.8 Å². The second kappa shape index (κ2) is 9.79. The van der Waals surface area contributed by atoms with Gasteiger partial charge >= 0.3 is 12.1 Å². The highest BCUT2D eigenvalue weighted by atomic mass is 19.4. The molecule has 5 rings (SSSR count). The Morgan fingerprint density at radius 3 is 2.41 bits per heavy atom. The first-order valence-electron chi connectivity index (χ1n) is 13.0. The van der Waals surface area contributed by atoms with Crippen molar-refractivity contribution in [2.24, 2.45) is 0 Å². The fourth-order valence-corrected chi connectivity index (χ4v) is 4.87. The van der Waals surface area contributed by atoms with Crippen molar-refractivity contribution in [1.82, 2.24) is 9.88 Å². The SMILES string of the molecule is CC(C)(C)OC(=O)CNC(=O)c1c(O)c2cc(C3(C)CO3)cc3c2n(c1=O)C(Cc1ccc(C(F)(F)F)cc1)CO3. The highest BCUT2D eigenvalue weighted by molar-refractivity contribution is 6.04. The van der Waals surface area contributed by atoms with Crippen LogP contribution in [0.1, 0.15) is 60.8 Å². The van der Waals surface area contributed by atoms with Gasteiger partial charge in [-0.15, -0.1) is 0 Å². The zero-order chi connectivity index (χ0) is 29.9. The zero-order valence-electron chi connectivity index (χ0n) is 22.8. The van der Waals surface area contributed by atoms with Crippen LogP contribution in [0.5, 0.6) is 11.5 Å². The number of benzene rings is 2. The lowest BCUT2D eigenvalue weighted by Gasteiger charge is -2.30. The molecule has 1 fully saturated rings. The first-order valence-corrected chi connectivity index (χ1v) is 13.0. The Morgan fingerprint density at radius 2 is 1.83 bits per heavy atom. The molecule has 0 saturated carbocycles. The van der Waals surface area contributed by atoms with Crippen molar-refractivity contribution in [3.05, 3.63) is 69.0 Å². The highest BCUT2D eigenvalue weighted by Gasteiger charge is 2.43. The van der Waals surface area contributed by atoms with Gasteiger partial charge in [0.1, 0.15) is 41.4 Å². The van der Waals surface area contributed by atoms with Crippen LogP contribution >= 0.6 is 0 Å². The number of nitrogens with one attached hydrogen (secondary N) is 1. The lowest BCUT2D eigenvalue weighted by molar-refractivity contribution is -0.153. The molecule has 0 spiro atoms. The third kappa shape index (κ3) is 5.61. The predicted molar refractivity (Wildman–Crippen MR) is 141 cm³/mol. The Labute approximate surface area is 232 Å². The van der Waals surface area contributed by atoms with E-state index in [2.05, 4.69) is 5.32 Å². The van der Waals surface area contributed by atoms with E-state index in [0.717, 1.165) is 12.1 Å². The van der Waals surface area contributed by atoms with Crippen molar-refractivity contribution in [1.29, 1.82) is 0 Å². The number of pyridine rings is 1. The van der Waals surface area contributed by atoms with Crippen molar-refractivity contribution in [3.8, 4) is 11.5 Å². The number of hydrogen-bond acceptors (Lipinski definition) is 7. The van der Waals surface area contributed by atoms with Crippen LogP contribution in [0, 0.1) is 0 Å². The Hall–Kier alpha value is -4.06. The third-order valence-electron chi connectivity index (χ3n) is 7.02. The molecular weight excluding hydrogens is 545 g/mol. The first-order chi connectivity index (χ1) is 19.1. The quantitative estimate of drug-likeness (QED) is 0.334. The number of amides is 1. The van der Waals surface area contributed by atoms with Crippen molar-refractivity contribution in [3.63, 3.8) is 0 Å². The second-order valence-corrected chi connectivity index (χ2v) is 11.4. The number of esters is 1. The van der Waals surface area contributed by atoms with Gasteiger partial charge in [-0.25, -0.2) is 0 Å².